The van der Waals surface area contributed by atoms with Gasteiger partial charge in [0, 0.05) is 9.80 Å². The number of ether oxygens (including phenoxy) is 1. The summed E-state index contributed by atoms with van der Waals surface area (Å²) in [6.07, 6.45) is 0. The molecule has 0 heterocycles. The minimum atomic E-state index is 0.590. The van der Waals surface area contributed by atoms with Crippen LogP contribution in [0.2, 0.25) is 0 Å². The number of rotatable bonds is 6. The molecule has 1 aromatic carbocycles. The van der Waals surface area contributed by atoms with Gasteiger partial charge >= 0.3 is 0 Å². The summed E-state index contributed by atoms with van der Waals surface area (Å²) in [4.78, 5) is 0. The van der Waals surface area contributed by atoms with E-state index in [1.807, 2.05) is 12.1 Å². The molecule has 0 aliphatic heterocycles. The molecule has 0 N–H and O–H groups in total. The topological polar surface area (TPSA) is 9.23 Å². The van der Waals surface area contributed by atoms with Gasteiger partial charge in [-0.2, -0.15) is 0 Å². The van der Waals surface area contributed by atoms with E-state index in [9.17, 15) is 0 Å². The van der Waals surface area contributed by atoms with Gasteiger partial charge in [0.25, 0.3) is 0 Å². The van der Waals surface area contributed by atoms with Gasteiger partial charge in [0.15, 0.2) is 0 Å². The lowest BCUT2D eigenvalue weighted by atomic mass is 9.99. The minimum absolute atomic E-state index is 0.590. The van der Waals surface area contributed by atoms with Crippen LogP contribution < -0.4 is 0 Å². The molecule has 0 aliphatic carbocycles. The third-order valence-electron chi connectivity index (χ3n) is 2.63. The Morgan fingerprint density at radius 3 is 2.62 bits per heavy atom. The highest BCUT2D eigenvalue weighted by molar-refractivity contribution is 9.10. The average Bonchev–Trinajstić information content (AvgIpc) is 2.24. The SMILES string of the molecule is CC(C)C(CBr)COCc1cccc(Br)c1. The van der Waals surface area contributed by atoms with E-state index >= 15 is 0 Å². The van der Waals surface area contributed by atoms with Crippen molar-refractivity contribution in [3.8, 4) is 0 Å². The summed E-state index contributed by atoms with van der Waals surface area (Å²) < 4.78 is 6.84. The van der Waals surface area contributed by atoms with Crippen LogP contribution in [0.5, 0.6) is 0 Å². The van der Waals surface area contributed by atoms with E-state index < -0.39 is 0 Å². The number of halogens is 2. The molecule has 1 atom stereocenters. The molecule has 1 aromatic rings. The standard InChI is InChI=1S/C13H18Br2O/c1-10(2)12(7-14)9-16-8-11-4-3-5-13(15)6-11/h3-6,10,12H,7-9H2,1-2H3. The highest BCUT2D eigenvalue weighted by Crippen LogP contribution is 2.16. The van der Waals surface area contributed by atoms with Crippen molar-refractivity contribution in [2.24, 2.45) is 11.8 Å². The molecular weight excluding hydrogens is 332 g/mol. The Kier molecular flexibility index (Phi) is 6.62. The molecule has 1 unspecified atom stereocenters. The predicted octanol–water partition coefficient (Wildman–Crippen LogP) is 4.63. The Bertz CT molecular complexity index is 313. The maximum Gasteiger partial charge on any atom is 0.0717 e. The molecule has 0 saturated carbocycles. The Labute approximate surface area is 115 Å². The van der Waals surface area contributed by atoms with Crippen LogP contribution in [0.25, 0.3) is 0 Å². The maximum absolute atomic E-state index is 5.74. The molecule has 0 aliphatic rings. The van der Waals surface area contributed by atoms with Gasteiger partial charge in [0.1, 0.15) is 0 Å². The molecule has 1 rings (SSSR count). The van der Waals surface area contributed by atoms with Crippen molar-refractivity contribution in [1.82, 2.24) is 0 Å². The van der Waals surface area contributed by atoms with E-state index in [0.29, 0.717) is 18.4 Å². The quantitative estimate of drug-likeness (QED) is 0.680. The summed E-state index contributed by atoms with van der Waals surface area (Å²) in [6, 6.07) is 8.24. The van der Waals surface area contributed by atoms with E-state index in [1.54, 1.807) is 0 Å². The van der Waals surface area contributed by atoms with Crippen LogP contribution in [0.1, 0.15) is 19.4 Å². The van der Waals surface area contributed by atoms with E-state index in [0.717, 1.165) is 16.4 Å². The first-order valence-electron chi connectivity index (χ1n) is 5.51. The highest BCUT2D eigenvalue weighted by atomic mass is 79.9. The summed E-state index contributed by atoms with van der Waals surface area (Å²) in [5, 5.41) is 1.00. The van der Waals surface area contributed by atoms with Crippen LogP contribution in [0.4, 0.5) is 0 Å². The monoisotopic (exact) mass is 348 g/mol. The lowest BCUT2D eigenvalue weighted by Crippen LogP contribution is -2.17. The Morgan fingerprint density at radius 1 is 1.31 bits per heavy atom. The predicted molar refractivity (Wildman–Crippen MR) is 75.9 cm³/mol. The summed E-state index contributed by atoms with van der Waals surface area (Å²) >= 11 is 6.98. The third-order valence-corrected chi connectivity index (χ3v) is 3.96. The fourth-order valence-corrected chi connectivity index (χ4v) is 2.75. The summed E-state index contributed by atoms with van der Waals surface area (Å²) in [5.41, 5.74) is 1.21. The van der Waals surface area contributed by atoms with Crippen molar-refractivity contribution in [3.63, 3.8) is 0 Å². The second-order valence-electron chi connectivity index (χ2n) is 4.30. The molecule has 0 saturated heterocycles. The lowest BCUT2D eigenvalue weighted by molar-refractivity contribution is 0.0800. The van der Waals surface area contributed by atoms with E-state index in [4.69, 9.17) is 4.74 Å². The first-order chi connectivity index (χ1) is 7.63. The van der Waals surface area contributed by atoms with Crippen molar-refractivity contribution in [1.29, 1.82) is 0 Å². The second kappa shape index (κ2) is 7.46. The van der Waals surface area contributed by atoms with E-state index in [-0.39, 0.29) is 0 Å². The molecule has 1 nitrogen and oxygen atoms in total. The minimum Gasteiger partial charge on any atom is -0.376 e. The zero-order valence-electron chi connectivity index (χ0n) is 9.75. The molecule has 3 heteroatoms. The van der Waals surface area contributed by atoms with Gasteiger partial charge in [-0.15, -0.1) is 0 Å². The summed E-state index contributed by atoms with van der Waals surface area (Å²) in [5.74, 6) is 1.24. The van der Waals surface area contributed by atoms with Crippen molar-refractivity contribution in [2.45, 2.75) is 20.5 Å². The van der Waals surface area contributed by atoms with Crippen LogP contribution in [0.3, 0.4) is 0 Å². The van der Waals surface area contributed by atoms with Crippen LogP contribution >= 0.6 is 31.9 Å². The van der Waals surface area contributed by atoms with Gasteiger partial charge in [0.05, 0.1) is 13.2 Å². The van der Waals surface area contributed by atoms with Gasteiger partial charge in [-0.25, -0.2) is 0 Å². The van der Waals surface area contributed by atoms with Crippen LogP contribution in [-0.4, -0.2) is 11.9 Å². The zero-order valence-corrected chi connectivity index (χ0v) is 12.9. The Morgan fingerprint density at radius 2 is 2.06 bits per heavy atom. The van der Waals surface area contributed by atoms with Crippen molar-refractivity contribution in [2.75, 3.05) is 11.9 Å². The zero-order chi connectivity index (χ0) is 12.0. The fraction of sp³-hybridized carbons (Fsp3) is 0.538. The Balaban J connectivity index is 2.35. The van der Waals surface area contributed by atoms with Gasteiger partial charge in [-0.3, -0.25) is 0 Å². The van der Waals surface area contributed by atoms with Crippen LogP contribution in [-0.2, 0) is 11.3 Å². The molecule has 0 amide bonds. The molecular formula is C13H18Br2O. The number of alkyl halides is 1. The second-order valence-corrected chi connectivity index (χ2v) is 5.87. The van der Waals surface area contributed by atoms with E-state index in [1.165, 1.54) is 5.56 Å². The Hall–Kier alpha value is 0.140. The van der Waals surface area contributed by atoms with Crippen molar-refractivity contribution in [3.05, 3.63) is 34.3 Å². The molecule has 0 fully saturated rings. The third kappa shape index (κ3) is 4.98. The van der Waals surface area contributed by atoms with Gasteiger partial charge in [-0.1, -0.05) is 57.8 Å². The average molecular weight is 350 g/mol. The fourth-order valence-electron chi connectivity index (χ4n) is 1.37. The maximum atomic E-state index is 5.74. The largest absolute Gasteiger partial charge is 0.376 e. The molecule has 90 valence electrons. The molecule has 0 aromatic heterocycles. The van der Waals surface area contributed by atoms with Crippen molar-refractivity contribution >= 4 is 31.9 Å². The molecule has 0 radical (unpaired) electrons. The first-order valence-corrected chi connectivity index (χ1v) is 7.43. The van der Waals surface area contributed by atoms with E-state index in [2.05, 4.69) is 57.8 Å². The van der Waals surface area contributed by atoms with Crippen LogP contribution in [0.15, 0.2) is 28.7 Å². The van der Waals surface area contributed by atoms with Gasteiger partial charge < -0.3 is 4.74 Å². The molecule has 16 heavy (non-hydrogen) atoms. The highest BCUT2D eigenvalue weighted by Gasteiger charge is 2.11. The normalized spacial score (nSPS) is 13.1. The van der Waals surface area contributed by atoms with Gasteiger partial charge in [0.2, 0.25) is 0 Å². The lowest BCUT2D eigenvalue weighted by Gasteiger charge is -2.18. The summed E-state index contributed by atoms with van der Waals surface area (Å²) in [6.45, 7) is 5.97. The number of hydrogen-bond acceptors (Lipinski definition) is 1. The molecule has 0 bridgehead atoms. The first kappa shape index (κ1) is 14.2. The van der Waals surface area contributed by atoms with Crippen LogP contribution in [0, 0.1) is 11.8 Å². The smallest absolute Gasteiger partial charge is 0.0717 e. The van der Waals surface area contributed by atoms with Crippen molar-refractivity contribution < 1.29 is 4.74 Å². The number of benzene rings is 1. The van der Waals surface area contributed by atoms with Gasteiger partial charge in [-0.05, 0) is 29.5 Å². The number of hydrogen-bond donors (Lipinski definition) is 0. The molecule has 0 spiro atoms. The summed E-state index contributed by atoms with van der Waals surface area (Å²) in [7, 11) is 0.